The van der Waals surface area contributed by atoms with E-state index in [1.807, 2.05) is 12.1 Å². The molecule has 20 heavy (non-hydrogen) atoms. The maximum atomic E-state index is 5.17. The average molecular weight is 289 g/mol. The Bertz CT molecular complexity index is 518. The number of methoxy groups -OCH3 is 1. The molecule has 0 bridgehead atoms. The number of thiophene rings is 1. The maximum Gasteiger partial charge on any atom is 0.118 e. The summed E-state index contributed by atoms with van der Waals surface area (Å²) in [6, 6.07) is 8.88. The molecule has 1 aromatic heterocycles. The molecular formula is C17H23NOS. The van der Waals surface area contributed by atoms with Gasteiger partial charge in [-0.15, -0.1) is 0 Å². The van der Waals surface area contributed by atoms with Gasteiger partial charge in [0.1, 0.15) is 5.75 Å². The van der Waals surface area contributed by atoms with Crippen LogP contribution in [0, 0.1) is 6.92 Å². The summed E-state index contributed by atoms with van der Waals surface area (Å²) in [4.78, 5) is 0. The summed E-state index contributed by atoms with van der Waals surface area (Å²) in [6.07, 6.45) is 2.25. The number of nitrogens with one attached hydrogen (secondary N) is 1. The quantitative estimate of drug-likeness (QED) is 0.825. The van der Waals surface area contributed by atoms with Crippen LogP contribution in [0.2, 0.25) is 0 Å². The van der Waals surface area contributed by atoms with Crippen LogP contribution in [0.3, 0.4) is 0 Å². The van der Waals surface area contributed by atoms with E-state index < -0.39 is 0 Å². The Hall–Kier alpha value is -1.32. The molecule has 3 heteroatoms. The largest absolute Gasteiger partial charge is 0.497 e. The van der Waals surface area contributed by atoms with Gasteiger partial charge in [-0.2, -0.15) is 11.3 Å². The van der Waals surface area contributed by atoms with Crippen LogP contribution in [0.15, 0.2) is 35.0 Å². The highest BCUT2D eigenvalue weighted by molar-refractivity contribution is 7.08. The Morgan fingerprint density at radius 1 is 1.20 bits per heavy atom. The molecule has 0 fully saturated rings. The summed E-state index contributed by atoms with van der Waals surface area (Å²) < 4.78 is 5.17. The van der Waals surface area contributed by atoms with Gasteiger partial charge in [0.05, 0.1) is 7.11 Å². The van der Waals surface area contributed by atoms with Crippen LogP contribution < -0.4 is 10.1 Å². The SMILES string of the molecule is COc1ccc(CCC(C)NCc2cscc2C)cc1. The first-order chi connectivity index (χ1) is 9.69. The van der Waals surface area contributed by atoms with Gasteiger partial charge in [-0.25, -0.2) is 0 Å². The zero-order valence-electron chi connectivity index (χ0n) is 12.5. The second-order valence-corrected chi connectivity index (χ2v) is 5.99. The monoisotopic (exact) mass is 289 g/mol. The van der Waals surface area contributed by atoms with Gasteiger partial charge in [-0.3, -0.25) is 0 Å². The van der Waals surface area contributed by atoms with E-state index in [1.54, 1.807) is 18.4 Å². The number of hydrogen-bond acceptors (Lipinski definition) is 3. The molecule has 0 saturated heterocycles. The Labute approximate surface area is 125 Å². The second kappa shape index (κ2) is 7.46. The van der Waals surface area contributed by atoms with E-state index >= 15 is 0 Å². The summed E-state index contributed by atoms with van der Waals surface area (Å²) in [5, 5.41) is 8.04. The van der Waals surface area contributed by atoms with E-state index in [9.17, 15) is 0 Å². The van der Waals surface area contributed by atoms with E-state index in [1.165, 1.54) is 16.7 Å². The first-order valence-corrected chi connectivity index (χ1v) is 8.01. The Balaban J connectivity index is 1.74. The van der Waals surface area contributed by atoms with Gasteiger partial charge >= 0.3 is 0 Å². The van der Waals surface area contributed by atoms with Crippen LogP contribution in [0.25, 0.3) is 0 Å². The summed E-state index contributed by atoms with van der Waals surface area (Å²) >= 11 is 1.78. The number of rotatable bonds is 7. The zero-order valence-corrected chi connectivity index (χ0v) is 13.3. The van der Waals surface area contributed by atoms with Gasteiger partial charge in [-0.1, -0.05) is 12.1 Å². The fraction of sp³-hybridized carbons (Fsp3) is 0.412. The van der Waals surface area contributed by atoms with Crippen molar-refractivity contribution in [2.24, 2.45) is 0 Å². The fourth-order valence-electron chi connectivity index (χ4n) is 2.13. The van der Waals surface area contributed by atoms with Crippen molar-refractivity contribution in [1.29, 1.82) is 0 Å². The van der Waals surface area contributed by atoms with Crippen LogP contribution in [0.4, 0.5) is 0 Å². The summed E-state index contributed by atoms with van der Waals surface area (Å²) in [5.41, 5.74) is 4.18. The third-order valence-corrected chi connectivity index (χ3v) is 4.54. The van der Waals surface area contributed by atoms with Crippen molar-refractivity contribution in [2.75, 3.05) is 7.11 Å². The number of hydrogen-bond donors (Lipinski definition) is 1. The van der Waals surface area contributed by atoms with E-state index in [4.69, 9.17) is 4.74 Å². The number of ether oxygens (including phenoxy) is 1. The van der Waals surface area contributed by atoms with Crippen molar-refractivity contribution < 1.29 is 4.74 Å². The lowest BCUT2D eigenvalue weighted by Crippen LogP contribution is -2.26. The fourth-order valence-corrected chi connectivity index (χ4v) is 2.99. The molecule has 1 aromatic carbocycles. The minimum atomic E-state index is 0.524. The van der Waals surface area contributed by atoms with Crippen LogP contribution in [0.5, 0.6) is 5.75 Å². The minimum absolute atomic E-state index is 0.524. The lowest BCUT2D eigenvalue weighted by atomic mass is 10.1. The van der Waals surface area contributed by atoms with Crippen molar-refractivity contribution >= 4 is 11.3 Å². The molecule has 0 radical (unpaired) electrons. The average Bonchev–Trinajstić information content (AvgIpc) is 2.89. The van der Waals surface area contributed by atoms with Crippen molar-refractivity contribution in [1.82, 2.24) is 5.32 Å². The van der Waals surface area contributed by atoms with Crippen molar-refractivity contribution in [2.45, 2.75) is 39.3 Å². The molecule has 1 atom stereocenters. The highest BCUT2D eigenvalue weighted by atomic mass is 32.1. The predicted octanol–water partition coefficient (Wildman–Crippen LogP) is 4.18. The standard InChI is InChI=1S/C17H23NOS/c1-13-11-20-12-16(13)10-18-14(2)4-5-15-6-8-17(19-3)9-7-15/h6-9,11-12,14,18H,4-5,10H2,1-3H3. The molecule has 2 nitrogen and oxygen atoms in total. The third-order valence-electron chi connectivity index (χ3n) is 3.63. The molecule has 1 unspecified atom stereocenters. The molecule has 1 N–H and O–H groups in total. The first kappa shape index (κ1) is 15.1. The van der Waals surface area contributed by atoms with Crippen LogP contribution in [-0.4, -0.2) is 13.2 Å². The second-order valence-electron chi connectivity index (χ2n) is 5.25. The van der Waals surface area contributed by atoms with Crippen molar-refractivity contribution in [3.8, 4) is 5.75 Å². The molecule has 1 heterocycles. The summed E-state index contributed by atoms with van der Waals surface area (Å²) in [7, 11) is 1.70. The highest BCUT2D eigenvalue weighted by Gasteiger charge is 2.04. The van der Waals surface area contributed by atoms with E-state index in [-0.39, 0.29) is 0 Å². The molecule has 0 aliphatic heterocycles. The Morgan fingerprint density at radius 3 is 2.55 bits per heavy atom. The van der Waals surface area contributed by atoms with Gasteiger partial charge < -0.3 is 10.1 Å². The van der Waals surface area contributed by atoms with Crippen molar-refractivity contribution in [3.63, 3.8) is 0 Å². The molecule has 2 rings (SSSR count). The van der Waals surface area contributed by atoms with Gasteiger partial charge in [0.15, 0.2) is 0 Å². The molecular weight excluding hydrogens is 266 g/mol. The molecule has 108 valence electrons. The minimum Gasteiger partial charge on any atom is -0.497 e. The molecule has 0 aliphatic rings. The zero-order chi connectivity index (χ0) is 14.4. The van der Waals surface area contributed by atoms with Crippen molar-refractivity contribution in [3.05, 3.63) is 51.7 Å². The first-order valence-electron chi connectivity index (χ1n) is 7.07. The number of benzene rings is 1. The topological polar surface area (TPSA) is 21.3 Å². The van der Waals surface area contributed by atoms with E-state index in [0.29, 0.717) is 6.04 Å². The van der Waals surface area contributed by atoms with Gasteiger partial charge in [0.25, 0.3) is 0 Å². The van der Waals surface area contributed by atoms with Gasteiger partial charge in [-0.05, 0) is 66.3 Å². The third kappa shape index (κ3) is 4.36. The Kier molecular flexibility index (Phi) is 5.62. The van der Waals surface area contributed by atoms with Crippen LogP contribution in [-0.2, 0) is 13.0 Å². The molecule has 0 amide bonds. The van der Waals surface area contributed by atoms with Gasteiger partial charge in [0, 0.05) is 12.6 Å². The lowest BCUT2D eigenvalue weighted by molar-refractivity contribution is 0.414. The highest BCUT2D eigenvalue weighted by Crippen LogP contribution is 2.15. The molecule has 2 aromatic rings. The van der Waals surface area contributed by atoms with Gasteiger partial charge in [0.2, 0.25) is 0 Å². The van der Waals surface area contributed by atoms with Crippen LogP contribution in [0.1, 0.15) is 30.0 Å². The van der Waals surface area contributed by atoms with E-state index in [2.05, 4.69) is 42.1 Å². The maximum absolute atomic E-state index is 5.17. The lowest BCUT2D eigenvalue weighted by Gasteiger charge is -2.14. The van der Waals surface area contributed by atoms with Crippen LogP contribution >= 0.6 is 11.3 Å². The summed E-state index contributed by atoms with van der Waals surface area (Å²) in [6.45, 7) is 5.40. The Morgan fingerprint density at radius 2 is 1.95 bits per heavy atom. The predicted molar refractivity (Wildman–Crippen MR) is 86.7 cm³/mol. The smallest absolute Gasteiger partial charge is 0.118 e. The van der Waals surface area contributed by atoms with E-state index in [0.717, 1.165) is 25.1 Å². The normalized spacial score (nSPS) is 12.3. The molecule has 0 aliphatic carbocycles. The molecule has 0 saturated carbocycles. The number of aryl methyl sites for hydroxylation is 2. The molecule has 0 spiro atoms. The summed E-state index contributed by atoms with van der Waals surface area (Å²) in [5.74, 6) is 0.924.